The number of para-hydroxylation sites is 8. The fraction of sp³-hybridized carbons (Fsp3) is 0. The van der Waals surface area contributed by atoms with E-state index in [0.717, 1.165) is 132 Å². The lowest BCUT2D eigenvalue weighted by molar-refractivity contribution is 0.0957. The van der Waals surface area contributed by atoms with Crippen molar-refractivity contribution in [1.82, 2.24) is 36.5 Å². The van der Waals surface area contributed by atoms with Crippen molar-refractivity contribution in [2.24, 2.45) is 0 Å². The van der Waals surface area contributed by atoms with E-state index >= 15 is 0 Å². The summed E-state index contributed by atoms with van der Waals surface area (Å²) in [4.78, 5) is 53.8. The zero-order valence-corrected chi connectivity index (χ0v) is 75.7. The van der Waals surface area contributed by atoms with Crippen LogP contribution in [0.1, 0.15) is 52.6 Å². The fourth-order valence-electron chi connectivity index (χ4n) is 20.8. The van der Waals surface area contributed by atoms with E-state index in [9.17, 15) is 19.2 Å². The summed E-state index contributed by atoms with van der Waals surface area (Å²) >= 11 is 0. The first kappa shape index (κ1) is 82.8. The minimum Gasteiger partial charge on any atom is -0.315 e. The quantitative estimate of drug-likeness (QED) is 0.114. The van der Waals surface area contributed by atoms with Crippen LogP contribution in [0.5, 0.6) is 0 Å². The van der Waals surface area contributed by atoms with Crippen LogP contribution in [-0.4, -0.2) is 59.9 Å². The number of hydrogen-bond acceptors (Lipinski definition) is 4. The largest absolute Gasteiger partial charge is 0.315 e. The van der Waals surface area contributed by atoms with Crippen molar-refractivity contribution in [3.8, 4) is 34.1 Å². The summed E-state index contributed by atoms with van der Waals surface area (Å²) in [5, 5.41) is 18.3. The molecule has 0 spiro atoms. The zero-order chi connectivity index (χ0) is 93.4. The van der Waals surface area contributed by atoms with Crippen LogP contribution in [0.3, 0.4) is 0 Å². The molecule has 0 aliphatic carbocycles. The molecule has 660 valence electrons. The highest BCUT2D eigenvalue weighted by Crippen LogP contribution is 2.44. The molecule has 0 amide bonds. The van der Waals surface area contributed by atoms with Crippen LogP contribution in [0.15, 0.2) is 510 Å². The second kappa shape index (κ2) is 34.8. The summed E-state index contributed by atoms with van der Waals surface area (Å²) in [5.41, 5.74) is 23.7. The van der Waals surface area contributed by atoms with Crippen LogP contribution in [0, 0.1) is 0 Å². The first-order valence-electron chi connectivity index (χ1n) is 47.0. The number of carbonyl (C=O) groups excluding carboxylic acids is 4. The molecule has 140 heavy (non-hydrogen) atoms. The summed E-state index contributed by atoms with van der Waals surface area (Å²) in [6.07, 6.45) is 8.00. The van der Waals surface area contributed by atoms with Gasteiger partial charge in [0.05, 0.1) is 66.2 Å². The lowest BCUT2D eigenvalue weighted by Crippen LogP contribution is -2.11. The molecule has 20 aromatic carbocycles. The van der Waals surface area contributed by atoms with Crippen molar-refractivity contribution in [2.45, 2.75) is 0 Å². The minimum absolute atomic E-state index is 0.0250. The van der Waals surface area contributed by atoms with Crippen molar-refractivity contribution in [1.29, 1.82) is 0 Å². The number of fused-ring (bicyclic) bond motifs is 22. The molecule has 0 aliphatic heterocycles. The number of ketones is 2. The van der Waals surface area contributed by atoms with Gasteiger partial charge in [-0.1, -0.05) is 322 Å². The number of aromatic nitrogens is 8. The van der Waals surface area contributed by atoms with E-state index in [2.05, 4.69) is 307 Å². The van der Waals surface area contributed by atoms with Crippen LogP contribution >= 0.6 is 0 Å². The standard InChI is InChI=1S/C37H24N2O.C33H22N2O.C31H20N2O.C27H18N2O/c40-37(29-15-14-25-8-4-5-9-28(25)24-29)27-16-19-30(20-17-27)38-23-22-26-18-21-33-32-12-6-7-13-34(32)39(36(33)35(26)38)31-10-2-1-3-11-31;36-33(24-10-3-1-4-11-24)25-12-9-15-27(22-25)34-21-20-23-18-19-29-28-16-7-8-17-30(28)35(32(29)31(23)34)26-13-5-2-6-14-26;34-31(24-15-14-21-8-4-5-9-23(21)20-24)32-19-18-22-16-17-27-26-12-6-7-13-28(26)33(30(27)29(22)32)25-10-2-1-3-11-25;30-27(20-9-3-1-4-10-20)28-18-17-19-15-16-23-22-13-7-8-14-24(22)29(26(23)25(19)28)21-11-5-2-6-12-21/h1-24H;1-22H;1-20H;1-18H. The molecule has 12 heteroatoms. The predicted octanol–water partition coefficient (Wildman–Crippen LogP) is 31.1. The lowest BCUT2D eigenvalue weighted by atomic mass is 10.00. The molecule has 28 aromatic rings. The summed E-state index contributed by atoms with van der Waals surface area (Å²) in [5.74, 6) is -0.000178. The van der Waals surface area contributed by atoms with Crippen molar-refractivity contribution in [3.05, 3.63) is 543 Å². The highest BCUT2D eigenvalue weighted by atomic mass is 16.2. The van der Waals surface area contributed by atoms with Gasteiger partial charge in [-0.2, -0.15) is 0 Å². The molecule has 8 heterocycles. The van der Waals surface area contributed by atoms with E-state index in [1.807, 2.05) is 231 Å². The summed E-state index contributed by atoms with van der Waals surface area (Å²) in [6, 6.07) is 164. The topological polar surface area (TPSA) is 108 Å². The number of carbonyl (C=O) groups is 4. The van der Waals surface area contributed by atoms with E-state index in [4.69, 9.17) is 0 Å². The summed E-state index contributed by atoms with van der Waals surface area (Å²) in [7, 11) is 0. The maximum Gasteiger partial charge on any atom is 0.262 e. The number of nitrogens with zero attached hydrogens (tertiary/aromatic N) is 8. The van der Waals surface area contributed by atoms with Crippen LogP contribution in [0.25, 0.3) is 187 Å². The molecular weight excluding hydrogens is 1710 g/mol. The molecule has 0 radical (unpaired) electrons. The first-order valence-corrected chi connectivity index (χ1v) is 47.0. The second-order valence-corrected chi connectivity index (χ2v) is 35.3. The molecule has 8 aromatic heterocycles. The van der Waals surface area contributed by atoms with Gasteiger partial charge in [-0.05, 0) is 185 Å². The third-order valence-corrected chi connectivity index (χ3v) is 27.3. The molecule has 0 bridgehead atoms. The maximum atomic E-state index is 13.8. The average molecular weight is 1800 g/mol. The van der Waals surface area contributed by atoms with Gasteiger partial charge in [0.1, 0.15) is 0 Å². The Kier molecular flexibility index (Phi) is 20.6. The van der Waals surface area contributed by atoms with Gasteiger partial charge in [0.25, 0.3) is 11.8 Å². The Balaban J connectivity index is 0.0000000990. The normalized spacial score (nSPS) is 11.5. The van der Waals surface area contributed by atoms with Gasteiger partial charge in [-0.15, -0.1) is 0 Å². The third-order valence-electron chi connectivity index (χ3n) is 27.3. The molecule has 0 saturated heterocycles. The Hall–Kier alpha value is -19.0. The second-order valence-electron chi connectivity index (χ2n) is 35.3. The smallest absolute Gasteiger partial charge is 0.262 e. The van der Waals surface area contributed by atoms with E-state index in [-0.39, 0.29) is 23.4 Å². The van der Waals surface area contributed by atoms with Crippen molar-refractivity contribution in [3.63, 3.8) is 0 Å². The van der Waals surface area contributed by atoms with Gasteiger partial charge in [0, 0.05) is 157 Å². The molecular formula is C128H84N8O4. The first-order chi connectivity index (χ1) is 69.2. The molecule has 0 fully saturated rings. The molecule has 28 rings (SSSR count). The summed E-state index contributed by atoms with van der Waals surface area (Å²) in [6.45, 7) is 0. The molecule has 0 aliphatic rings. The van der Waals surface area contributed by atoms with Crippen molar-refractivity contribution >= 4 is 176 Å². The lowest BCUT2D eigenvalue weighted by Gasteiger charge is -2.12. The average Bonchev–Trinajstić information content (AvgIpc) is 1.58. The third kappa shape index (κ3) is 14.2. The number of hydrogen-bond donors (Lipinski definition) is 0. The SMILES string of the molecule is O=C(c1ccc(-n2ccc3ccc4c5ccccc5n(-c5ccccc5)c4c32)cc1)c1ccc2ccccc2c1.O=C(c1ccc2ccccc2c1)n1ccc2ccc3c4ccccc4n(-c4ccccc4)c3c21.O=C(c1ccccc1)c1cccc(-n2ccc3ccc4c5ccccc5n(-c5ccccc5)c4c32)c1.O=C(c1ccccc1)n1ccc2ccc3c4ccccc4n(-c4ccccc4)c3c21. The van der Waals surface area contributed by atoms with Crippen LogP contribution in [0.2, 0.25) is 0 Å². The molecule has 0 N–H and O–H groups in total. The van der Waals surface area contributed by atoms with Gasteiger partial charge in [0.15, 0.2) is 11.6 Å². The Morgan fingerprint density at radius 1 is 0.150 bits per heavy atom. The Morgan fingerprint density at radius 2 is 0.421 bits per heavy atom. The predicted molar refractivity (Wildman–Crippen MR) is 575 cm³/mol. The van der Waals surface area contributed by atoms with Crippen molar-refractivity contribution in [2.75, 3.05) is 0 Å². The van der Waals surface area contributed by atoms with Gasteiger partial charge in [-0.3, -0.25) is 28.3 Å². The van der Waals surface area contributed by atoms with Crippen LogP contribution in [-0.2, 0) is 0 Å². The van der Waals surface area contributed by atoms with Gasteiger partial charge < -0.3 is 27.4 Å². The summed E-state index contributed by atoms with van der Waals surface area (Å²) < 4.78 is 17.3. The van der Waals surface area contributed by atoms with Gasteiger partial charge >= 0.3 is 0 Å². The van der Waals surface area contributed by atoms with E-state index in [0.29, 0.717) is 33.4 Å². The number of rotatable bonds is 12. The zero-order valence-electron chi connectivity index (χ0n) is 75.7. The Morgan fingerprint density at radius 3 is 0.829 bits per heavy atom. The van der Waals surface area contributed by atoms with Crippen LogP contribution in [0.4, 0.5) is 0 Å². The highest BCUT2D eigenvalue weighted by molar-refractivity contribution is 6.24. The maximum absolute atomic E-state index is 13.8. The molecule has 0 saturated carbocycles. The van der Waals surface area contributed by atoms with Crippen molar-refractivity contribution < 1.29 is 19.2 Å². The van der Waals surface area contributed by atoms with E-state index < -0.39 is 0 Å². The monoisotopic (exact) mass is 1800 g/mol. The Labute approximate surface area is 803 Å². The van der Waals surface area contributed by atoms with E-state index in [1.165, 1.54) is 54.3 Å². The van der Waals surface area contributed by atoms with Crippen LogP contribution < -0.4 is 0 Å². The molecule has 0 atom stereocenters. The highest BCUT2D eigenvalue weighted by Gasteiger charge is 2.26. The number of benzene rings is 20. The minimum atomic E-state index is -0.0295. The molecule has 12 nitrogen and oxygen atoms in total. The fourth-order valence-corrected chi connectivity index (χ4v) is 20.8. The molecule has 0 unspecified atom stereocenters. The Bertz CT molecular complexity index is 9760. The van der Waals surface area contributed by atoms with Gasteiger partial charge in [-0.25, -0.2) is 0 Å². The van der Waals surface area contributed by atoms with E-state index in [1.54, 1.807) is 9.13 Å². The van der Waals surface area contributed by atoms with Gasteiger partial charge in [0.2, 0.25) is 0 Å².